The molecule has 0 bridgehead atoms. The number of likely N-dealkylation sites (tertiary alicyclic amines) is 1. The maximum atomic E-state index is 13.1. The molecule has 1 fully saturated rings. The van der Waals surface area contributed by atoms with E-state index in [1.807, 2.05) is 53.4 Å². The second-order valence-electron chi connectivity index (χ2n) is 7.09. The van der Waals surface area contributed by atoms with Crippen LogP contribution in [0.15, 0.2) is 61.2 Å². The van der Waals surface area contributed by atoms with Crippen molar-refractivity contribution < 1.29 is 4.79 Å². The summed E-state index contributed by atoms with van der Waals surface area (Å²) in [6.45, 7) is 1.44. The summed E-state index contributed by atoms with van der Waals surface area (Å²) in [5.74, 6) is 1.43. The lowest BCUT2D eigenvalue weighted by Crippen LogP contribution is -2.38. The molecule has 7 nitrogen and oxygen atoms in total. The summed E-state index contributed by atoms with van der Waals surface area (Å²) < 4.78 is 1.77. The normalized spacial score (nSPS) is 15.2. The number of benzene rings is 2. The van der Waals surface area contributed by atoms with Gasteiger partial charge in [-0.1, -0.05) is 24.3 Å². The molecule has 7 heteroatoms. The zero-order valence-corrected chi connectivity index (χ0v) is 15.3. The number of aromatic amines is 1. The minimum atomic E-state index is 0.0485. The highest BCUT2D eigenvalue weighted by molar-refractivity contribution is 5.97. The zero-order valence-electron chi connectivity index (χ0n) is 15.3. The smallest absolute Gasteiger partial charge is 0.255 e. The topological polar surface area (TPSA) is 79.7 Å². The molecular weight excluding hydrogens is 352 g/mol. The van der Waals surface area contributed by atoms with Gasteiger partial charge in [-0.05, 0) is 37.1 Å². The van der Waals surface area contributed by atoms with E-state index in [0.717, 1.165) is 48.5 Å². The van der Waals surface area contributed by atoms with Crippen LogP contribution >= 0.6 is 0 Å². The zero-order chi connectivity index (χ0) is 18.9. The fourth-order valence-electron chi connectivity index (χ4n) is 3.90. The van der Waals surface area contributed by atoms with Gasteiger partial charge >= 0.3 is 0 Å². The van der Waals surface area contributed by atoms with Crippen molar-refractivity contribution in [1.29, 1.82) is 0 Å². The van der Waals surface area contributed by atoms with Gasteiger partial charge < -0.3 is 9.88 Å². The Kier molecular flexibility index (Phi) is 4.12. The van der Waals surface area contributed by atoms with E-state index in [9.17, 15) is 4.79 Å². The fraction of sp³-hybridized carbons (Fsp3) is 0.238. The van der Waals surface area contributed by atoms with Gasteiger partial charge in [-0.2, -0.15) is 0 Å². The number of nitrogens with zero attached hydrogens (tertiary/aromatic N) is 5. The standard InChI is InChI=1S/C21H20N6O/c28-21(16-5-1-4-8-19(16)27-13-22-23-14-27)26-11-9-15(10-12-26)20-24-17-6-2-3-7-18(17)25-20/h1-8,13-15H,9-12H2,(H,24,25). The van der Waals surface area contributed by atoms with Crippen molar-refractivity contribution in [2.45, 2.75) is 18.8 Å². The average molecular weight is 372 g/mol. The monoisotopic (exact) mass is 372 g/mol. The lowest BCUT2D eigenvalue weighted by molar-refractivity contribution is 0.0711. The lowest BCUT2D eigenvalue weighted by Gasteiger charge is -2.31. The first kappa shape index (κ1) is 16.7. The second kappa shape index (κ2) is 6.92. The van der Waals surface area contributed by atoms with Gasteiger partial charge in [-0.3, -0.25) is 9.36 Å². The van der Waals surface area contributed by atoms with E-state index in [-0.39, 0.29) is 5.91 Å². The first-order valence-electron chi connectivity index (χ1n) is 9.47. The van der Waals surface area contributed by atoms with Gasteiger partial charge in [0.25, 0.3) is 5.91 Å². The SMILES string of the molecule is O=C(c1ccccc1-n1cnnc1)N1CCC(c2nc3ccccc3[nH]2)CC1. The molecule has 28 heavy (non-hydrogen) atoms. The molecule has 1 N–H and O–H groups in total. The van der Waals surface area contributed by atoms with Crippen LogP contribution < -0.4 is 0 Å². The third-order valence-corrected chi connectivity index (χ3v) is 5.41. The minimum absolute atomic E-state index is 0.0485. The number of nitrogens with one attached hydrogen (secondary N) is 1. The number of rotatable bonds is 3. The van der Waals surface area contributed by atoms with Gasteiger partial charge in [-0.25, -0.2) is 4.98 Å². The number of carbonyl (C=O) groups excluding carboxylic acids is 1. The maximum Gasteiger partial charge on any atom is 0.255 e. The van der Waals surface area contributed by atoms with Crippen LogP contribution in [0.2, 0.25) is 0 Å². The molecule has 0 radical (unpaired) electrons. The van der Waals surface area contributed by atoms with Crippen LogP contribution in [0, 0.1) is 0 Å². The van der Waals surface area contributed by atoms with Gasteiger partial charge in [0.05, 0.1) is 22.3 Å². The Morgan fingerprint density at radius 2 is 1.68 bits per heavy atom. The lowest BCUT2D eigenvalue weighted by atomic mass is 9.95. The average Bonchev–Trinajstić information content (AvgIpc) is 3.43. The van der Waals surface area contributed by atoms with Crippen LogP contribution in [0.5, 0.6) is 0 Å². The molecular formula is C21H20N6O. The molecule has 1 amide bonds. The number of carbonyl (C=O) groups is 1. The molecule has 0 atom stereocenters. The number of piperidine rings is 1. The molecule has 5 rings (SSSR count). The Hall–Kier alpha value is -3.48. The van der Waals surface area contributed by atoms with E-state index in [2.05, 4.69) is 15.2 Å². The molecule has 1 aliphatic heterocycles. The Balaban J connectivity index is 1.33. The van der Waals surface area contributed by atoms with Crippen molar-refractivity contribution in [2.24, 2.45) is 0 Å². The van der Waals surface area contributed by atoms with Crippen molar-refractivity contribution in [3.05, 3.63) is 72.6 Å². The highest BCUT2D eigenvalue weighted by Crippen LogP contribution is 2.29. The van der Waals surface area contributed by atoms with Crippen LogP contribution in [0.4, 0.5) is 0 Å². The van der Waals surface area contributed by atoms with Gasteiger partial charge in [0, 0.05) is 19.0 Å². The molecule has 2 aromatic heterocycles. The van der Waals surface area contributed by atoms with E-state index in [0.29, 0.717) is 11.5 Å². The van der Waals surface area contributed by atoms with E-state index < -0.39 is 0 Å². The summed E-state index contributed by atoms with van der Waals surface area (Å²) in [5, 5.41) is 7.70. The first-order valence-corrected chi connectivity index (χ1v) is 9.47. The molecule has 1 saturated heterocycles. The van der Waals surface area contributed by atoms with Crippen LogP contribution in [-0.4, -0.2) is 48.6 Å². The predicted molar refractivity (Wildman–Crippen MR) is 105 cm³/mol. The fourth-order valence-corrected chi connectivity index (χ4v) is 3.90. The Morgan fingerprint density at radius 3 is 2.46 bits per heavy atom. The van der Waals surface area contributed by atoms with Crippen LogP contribution in [-0.2, 0) is 0 Å². The van der Waals surface area contributed by atoms with Crippen molar-refractivity contribution in [3.63, 3.8) is 0 Å². The molecule has 3 heterocycles. The van der Waals surface area contributed by atoms with Crippen molar-refractivity contribution >= 4 is 16.9 Å². The Morgan fingerprint density at radius 1 is 0.964 bits per heavy atom. The summed E-state index contributed by atoms with van der Waals surface area (Å²) in [6.07, 6.45) is 5.03. The van der Waals surface area contributed by atoms with Gasteiger partial charge in [-0.15, -0.1) is 10.2 Å². The first-order chi connectivity index (χ1) is 13.8. The van der Waals surface area contributed by atoms with Crippen molar-refractivity contribution in [2.75, 3.05) is 13.1 Å². The number of para-hydroxylation sites is 3. The number of amides is 1. The molecule has 1 aliphatic rings. The summed E-state index contributed by atoms with van der Waals surface area (Å²) in [4.78, 5) is 23.3. The molecule has 0 saturated carbocycles. The van der Waals surface area contributed by atoms with Crippen LogP contribution in [0.25, 0.3) is 16.7 Å². The predicted octanol–water partition coefficient (Wildman–Crippen LogP) is 3.16. The third-order valence-electron chi connectivity index (χ3n) is 5.41. The van der Waals surface area contributed by atoms with Gasteiger partial charge in [0.1, 0.15) is 18.5 Å². The Labute approximate surface area is 162 Å². The number of imidazole rings is 1. The van der Waals surface area contributed by atoms with E-state index in [1.54, 1.807) is 17.2 Å². The van der Waals surface area contributed by atoms with E-state index in [4.69, 9.17) is 4.98 Å². The van der Waals surface area contributed by atoms with Crippen molar-refractivity contribution in [1.82, 2.24) is 29.6 Å². The molecule has 4 aromatic rings. The van der Waals surface area contributed by atoms with Gasteiger partial charge in [0.2, 0.25) is 0 Å². The largest absolute Gasteiger partial charge is 0.342 e. The highest BCUT2D eigenvalue weighted by Gasteiger charge is 2.27. The summed E-state index contributed by atoms with van der Waals surface area (Å²) >= 11 is 0. The number of hydrogen-bond acceptors (Lipinski definition) is 4. The summed E-state index contributed by atoms with van der Waals surface area (Å²) in [6, 6.07) is 15.7. The molecule has 140 valence electrons. The molecule has 0 aliphatic carbocycles. The second-order valence-corrected chi connectivity index (χ2v) is 7.09. The third kappa shape index (κ3) is 2.94. The number of H-pyrrole nitrogens is 1. The van der Waals surface area contributed by atoms with Gasteiger partial charge in [0.15, 0.2) is 0 Å². The highest BCUT2D eigenvalue weighted by atomic mass is 16.2. The molecule has 2 aromatic carbocycles. The van der Waals surface area contributed by atoms with Crippen molar-refractivity contribution in [3.8, 4) is 5.69 Å². The maximum absolute atomic E-state index is 13.1. The van der Waals surface area contributed by atoms with Crippen LogP contribution in [0.1, 0.15) is 34.9 Å². The number of aromatic nitrogens is 5. The van der Waals surface area contributed by atoms with E-state index in [1.165, 1.54) is 0 Å². The van der Waals surface area contributed by atoms with E-state index >= 15 is 0 Å². The Bertz CT molecular complexity index is 1080. The summed E-state index contributed by atoms with van der Waals surface area (Å²) in [5.41, 5.74) is 3.54. The molecule has 0 spiro atoms. The number of hydrogen-bond donors (Lipinski definition) is 1. The number of fused-ring (bicyclic) bond motifs is 1. The molecule has 0 unspecified atom stereocenters. The summed E-state index contributed by atoms with van der Waals surface area (Å²) in [7, 11) is 0. The minimum Gasteiger partial charge on any atom is -0.342 e. The quantitative estimate of drug-likeness (QED) is 0.599. The van der Waals surface area contributed by atoms with Crippen LogP contribution in [0.3, 0.4) is 0 Å².